The van der Waals surface area contributed by atoms with Crippen LogP contribution in [0.5, 0.6) is 0 Å². The predicted molar refractivity (Wildman–Crippen MR) is 76.5 cm³/mol. The maximum atomic E-state index is 13.0. The van der Waals surface area contributed by atoms with Gasteiger partial charge in [0, 0.05) is 6.04 Å². The molecule has 0 spiro atoms. The van der Waals surface area contributed by atoms with Gasteiger partial charge in [0.1, 0.15) is 6.10 Å². The molecule has 0 N–H and O–H groups in total. The van der Waals surface area contributed by atoms with E-state index in [9.17, 15) is 18.0 Å². The lowest BCUT2D eigenvalue weighted by Crippen LogP contribution is -2.39. The van der Waals surface area contributed by atoms with Gasteiger partial charge < -0.3 is 4.74 Å². The summed E-state index contributed by atoms with van der Waals surface area (Å²) in [7, 11) is 0. The molecule has 1 aromatic rings. The maximum absolute atomic E-state index is 13.0. The van der Waals surface area contributed by atoms with Crippen LogP contribution in [-0.2, 0) is 10.9 Å². The van der Waals surface area contributed by atoms with Crippen molar-refractivity contribution < 1.29 is 22.7 Å². The number of nitrogens with zero attached hydrogens (tertiary/aromatic N) is 1. The minimum absolute atomic E-state index is 0.0608. The molecule has 122 valence electrons. The van der Waals surface area contributed by atoms with Crippen molar-refractivity contribution in [3.63, 3.8) is 0 Å². The lowest BCUT2D eigenvalue weighted by atomic mass is 9.96. The Morgan fingerprint density at radius 1 is 1.27 bits per heavy atom. The van der Waals surface area contributed by atoms with Crippen LogP contribution in [0.4, 0.5) is 18.0 Å². The van der Waals surface area contributed by atoms with Crippen LogP contribution in [0.3, 0.4) is 0 Å². The van der Waals surface area contributed by atoms with Gasteiger partial charge in [-0.2, -0.15) is 13.2 Å². The molecule has 0 saturated carbocycles. The molecule has 1 saturated heterocycles. The molecule has 0 unspecified atom stereocenters. The topological polar surface area (TPSA) is 29.5 Å². The minimum Gasteiger partial charge on any atom is -0.439 e. The van der Waals surface area contributed by atoms with Gasteiger partial charge in [-0.3, -0.25) is 4.90 Å². The van der Waals surface area contributed by atoms with E-state index >= 15 is 0 Å². The second kappa shape index (κ2) is 5.82. The fourth-order valence-corrected chi connectivity index (χ4v) is 2.96. The first-order valence-corrected chi connectivity index (χ1v) is 7.33. The molecule has 1 aliphatic heterocycles. The third-order valence-corrected chi connectivity index (χ3v) is 3.88. The van der Waals surface area contributed by atoms with Crippen LogP contribution in [0.15, 0.2) is 18.2 Å². The Balaban J connectivity index is 2.43. The van der Waals surface area contributed by atoms with Crippen LogP contribution in [0.1, 0.15) is 50.0 Å². The summed E-state index contributed by atoms with van der Waals surface area (Å²) in [5.74, 6) is 0. The molecular formula is C16H20F3NO2. The zero-order chi connectivity index (χ0) is 16.7. The van der Waals surface area contributed by atoms with Crippen molar-refractivity contribution >= 4 is 6.09 Å². The Kier molecular flexibility index (Phi) is 4.40. The van der Waals surface area contributed by atoms with E-state index in [1.54, 1.807) is 17.9 Å². The summed E-state index contributed by atoms with van der Waals surface area (Å²) in [4.78, 5) is 13.6. The molecule has 0 aliphatic carbocycles. The molecule has 2 atom stereocenters. The van der Waals surface area contributed by atoms with Crippen LogP contribution < -0.4 is 0 Å². The van der Waals surface area contributed by atoms with Crippen molar-refractivity contribution in [1.82, 2.24) is 4.90 Å². The Morgan fingerprint density at radius 3 is 2.41 bits per heavy atom. The second-order valence-corrected chi connectivity index (χ2v) is 5.91. The van der Waals surface area contributed by atoms with E-state index < -0.39 is 23.9 Å². The first-order valence-electron chi connectivity index (χ1n) is 7.33. The largest absolute Gasteiger partial charge is 0.439 e. The summed E-state index contributed by atoms with van der Waals surface area (Å²) in [6.45, 7) is 7.24. The van der Waals surface area contributed by atoms with Gasteiger partial charge in [-0.1, -0.05) is 18.6 Å². The minimum atomic E-state index is -4.41. The van der Waals surface area contributed by atoms with Crippen molar-refractivity contribution in [2.45, 2.75) is 58.5 Å². The average molecular weight is 315 g/mol. The smallest absolute Gasteiger partial charge is 0.416 e. The van der Waals surface area contributed by atoms with E-state index in [0.717, 1.165) is 12.1 Å². The molecule has 1 aliphatic rings. The van der Waals surface area contributed by atoms with Gasteiger partial charge in [-0.25, -0.2) is 4.79 Å². The highest BCUT2D eigenvalue weighted by molar-refractivity contribution is 5.71. The summed E-state index contributed by atoms with van der Waals surface area (Å²) >= 11 is 0. The normalized spacial score (nSPS) is 22.4. The number of ether oxygens (including phenoxy) is 1. The second-order valence-electron chi connectivity index (χ2n) is 5.91. The zero-order valence-electron chi connectivity index (χ0n) is 13.1. The van der Waals surface area contributed by atoms with E-state index in [-0.39, 0.29) is 12.1 Å². The summed E-state index contributed by atoms with van der Waals surface area (Å²) in [6, 6.07) is 3.52. The molecule has 2 rings (SSSR count). The summed E-state index contributed by atoms with van der Waals surface area (Å²) in [5.41, 5.74) is 0.186. The monoisotopic (exact) mass is 315 g/mol. The molecule has 0 bridgehead atoms. The van der Waals surface area contributed by atoms with Gasteiger partial charge in [0.05, 0.1) is 11.6 Å². The lowest BCUT2D eigenvalue weighted by molar-refractivity contribution is -0.137. The molecule has 1 fully saturated rings. The van der Waals surface area contributed by atoms with Crippen molar-refractivity contribution in [3.8, 4) is 0 Å². The van der Waals surface area contributed by atoms with Crippen molar-refractivity contribution in [3.05, 3.63) is 34.9 Å². The Hall–Kier alpha value is -1.72. The average Bonchev–Trinajstić information content (AvgIpc) is 2.73. The number of hydrogen-bond donors (Lipinski definition) is 0. The number of hydrogen-bond acceptors (Lipinski definition) is 2. The van der Waals surface area contributed by atoms with Crippen LogP contribution >= 0.6 is 0 Å². The highest BCUT2D eigenvalue weighted by atomic mass is 19.4. The molecule has 0 aromatic heterocycles. The number of carbonyl (C=O) groups excluding carboxylic acids is 1. The molecule has 22 heavy (non-hydrogen) atoms. The first-order chi connectivity index (χ1) is 10.1. The SMILES string of the molecule is CC[C@@H]1[C@@H](c2cc(C)cc(C(F)(F)F)c2)OC(=O)N1C(C)C. The number of benzene rings is 1. The highest BCUT2D eigenvalue weighted by Gasteiger charge is 2.43. The third kappa shape index (κ3) is 3.05. The number of alkyl halides is 3. The molecule has 1 amide bonds. The van der Waals surface area contributed by atoms with E-state index in [0.29, 0.717) is 17.5 Å². The third-order valence-electron chi connectivity index (χ3n) is 3.88. The van der Waals surface area contributed by atoms with Crippen molar-refractivity contribution in [1.29, 1.82) is 0 Å². The fraction of sp³-hybridized carbons (Fsp3) is 0.562. The molecule has 1 aromatic carbocycles. The van der Waals surface area contributed by atoms with Gasteiger partial charge in [0.2, 0.25) is 0 Å². The summed E-state index contributed by atoms with van der Waals surface area (Å²) < 4.78 is 44.3. The number of rotatable bonds is 3. The quantitative estimate of drug-likeness (QED) is 0.809. The lowest BCUT2D eigenvalue weighted by Gasteiger charge is -2.27. The van der Waals surface area contributed by atoms with Gasteiger partial charge in [0.25, 0.3) is 0 Å². The Morgan fingerprint density at radius 2 is 1.91 bits per heavy atom. The van der Waals surface area contributed by atoms with E-state index in [2.05, 4.69) is 0 Å². The summed E-state index contributed by atoms with van der Waals surface area (Å²) in [6.07, 6.45) is -4.94. The zero-order valence-corrected chi connectivity index (χ0v) is 13.1. The fourth-order valence-electron chi connectivity index (χ4n) is 2.96. The highest BCUT2D eigenvalue weighted by Crippen LogP contribution is 2.38. The number of amides is 1. The van der Waals surface area contributed by atoms with Gasteiger partial charge >= 0.3 is 12.3 Å². The van der Waals surface area contributed by atoms with Gasteiger partial charge in [-0.05, 0) is 44.9 Å². The first kappa shape index (κ1) is 16.6. The van der Waals surface area contributed by atoms with Crippen molar-refractivity contribution in [2.75, 3.05) is 0 Å². The molecule has 6 heteroatoms. The van der Waals surface area contributed by atoms with Crippen LogP contribution in [0, 0.1) is 6.92 Å². The van der Waals surface area contributed by atoms with Crippen LogP contribution in [0.2, 0.25) is 0 Å². The molecule has 0 radical (unpaired) electrons. The van der Waals surface area contributed by atoms with Gasteiger partial charge in [-0.15, -0.1) is 0 Å². The van der Waals surface area contributed by atoms with E-state index in [1.165, 1.54) is 0 Å². The van der Waals surface area contributed by atoms with E-state index in [1.807, 2.05) is 20.8 Å². The number of cyclic esters (lactones) is 1. The van der Waals surface area contributed by atoms with Crippen LogP contribution in [0.25, 0.3) is 0 Å². The predicted octanol–water partition coefficient (Wildman–Crippen LogP) is 4.69. The Labute approximate surface area is 128 Å². The Bertz CT molecular complexity index is 569. The van der Waals surface area contributed by atoms with Crippen LogP contribution in [-0.4, -0.2) is 23.1 Å². The molecular weight excluding hydrogens is 295 g/mol. The molecule has 3 nitrogen and oxygen atoms in total. The number of halogens is 3. The van der Waals surface area contributed by atoms with Crippen molar-refractivity contribution in [2.24, 2.45) is 0 Å². The molecule has 1 heterocycles. The summed E-state index contributed by atoms with van der Waals surface area (Å²) in [5, 5.41) is 0. The maximum Gasteiger partial charge on any atom is 0.416 e. The number of carbonyl (C=O) groups is 1. The standard InChI is InChI=1S/C16H20F3NO2/c1-5-13-14(22-15(21)20(13)9(2)3)11-6-10(4)7-12(8-11)16(17,18)19/h6-9,13-14H,5H2,1-4H3/t13-,14-/m1/s1. The number of aryl methyl sites for hydroxylation is 1. The van der Waals surface area contributed by atoms with E-state index in [4.69, 9.17) is 4.74 Å². The van der Waals surface area contributed by atoms with Gasteiger partial charge in [0.15, 0.2) is 0 Å².